The van der Waals surface area contributed by atoms with Crippen LogP contribution in [0.5, 0.6) is 0 Å². The molecule has 0 bridgehead atoms. The predicted molar refractivity (Wildman–Crippen MR) is 107 cm³/mol. The first-order valence-corrected chi connectivity index (χ1v) is 8.92. The normalized spacial score (nSPS) is 10.7. The van der Waals surface area contributed by atoms with Gasteiger partial charge in [0.1, 0.15) is 4.88 Å². The van der Waals surface area contributed by atoms with Crippen LogP contribution in [0, 0.1) is 10.1 Å². The van der Waals surface area contributed by atoms with Crippen molar-refractivity contribution >= 4 is 40.7 Å². The Morgan fingerprint density at radius 2 is 1.82 bits per heavy atom. The summed E-state index contributed by atoms with van der Waals surface area (Å²) in [5.74, 6) is -1.67. The van der Waals surface area contributed by atoms with Crippen LogP contribution in [-0.4, -0.2) is 21.9 Å². The van der Waals surface area contributed by atoms with Crippen LogP contribution in [0.1, 0.15) is 15.2 Å². The second-order valence-electron chi connectivity index (χ2n) is 5.70. The highest BCUT2D eigenvalue weighted by Gasteiger charge is 2.18. The molecule has 8 heteroatoms. The van der Waals surface area contributed by atoms with E-state index < -0.39 is 16.8 Å². The summed E-state index contributed by atoms with van der Waals surface area (Å²) in [6.07, 6.45) is 2.93. The molecule has 0 aliphatic carbocycles. The molecule has 0 atom stereocenters. The molecule has 0 unspecified atom stereocenters. The lowest BCUT2D eigenvalue weighted by molar-refractivity contribution is -0.384. The Morgan fingerprint density at radius 1 is 1.07 bits per heavy atom. The van der Waals surface area contributed by atoms with Crippen molar-refractivity contribution in [3.05, 3.63) is 87.3 Å². The quantitative estimate of drug-likeness (QED) is 0.359. The van der Waals surface area contributed by atoms with Gasteiger partial charge in [-0.25, -0.2) is 4.79 Å². The first-order chi connectivity index (χ1) is 13.4. The molecule has 28 heavy (non-hydrogen) atoms. The van der Waals surface area contributed by atoms with E-state index in [4.69, 9.17) is 0 Å². The number of aromatic carboxylic acids is 1. The number of hydrogen-bond acceptors (Lipinski definition) is 5. The van der Waals surface area contributed by atoms with E-state index in [1.165, 1.54) is 30.3 Å². The number of rotatable bonds is 6. The van der Waals surface area contributed by atoms with Gasteiger partial charge < -0.3 is 10.4 Å². The average Bonchev–Trinajstić information content (AvgIpc) is 3.11. The molecule has 2 N–H and O–H groups in total. The molecule has 0 fully saturated rings. The minimum Gasteiger partial charge on any atom is -0.477 e. The molecule has 1 heterocycles. The third kappa shape index (κ3) is 4.49. The Kier molecular flexibility index (Phi) is 5.61. The van der Waals surface area contributed by atoms with Gasteiger partial charge >= 0.3 is 5.97 Å². The van der Waals surface area contributed by atoms with Gasteiger partial charge in [-0.15, -0.1) is 11.3 Å². The third-order valence-corrected chi connectivity index (χ3v) is 4.92. The molecule has 1 amide bonds. The predicted octanol–water partition coefficient (Wildman–Crippen LogP) is 4.67. The van der Waals surface area contributed by atoms with Crippen LogP contribution in [0.2, 0.25) is 0 Å². The molecule has 2 aromatic carbocycles. The summed E-state index contributed by atoms with van der Waals surface area (Å²) in [5, 5.41) is 22.9. The van der Waals surface area contributed by atoms with E-state index in [0.717, 1.165) is 16.9 Å². The number of non-ortho nitro benzene ring substituents is 1. The van der Waals surface area contributed by atoms with Crippen molar-refractivity contribution in [2.24, 2.45) is 0 Å². The molecule has 140 valence electrons. The molecule has 7 nitrogen and oxygen atoms in total. The summed E-state index contributed by atoms with van der Waals surface area (Å²) in [5.41, 5.74) is 1.38. The molecule has 3 aromatic rings. The molecule has 0 aliphatic rings. The Hall–Kier alpha value is -3.78. The number of nitrogens with one attached hydrogen (secondary N) is 1. The van der Waals surface area contributed by atoms with Gasteiger partial charge in [0.25, 0.3) is 5.69 Å². The zero-order valence-electron chi connectivity index (χ0n) is 14.4. The summed E-state index contributed by atoms with van der Waals surface area (Å²) >= 11 is 0.937. The molecular weight excluding hydrogens is 380 g/mol. The Balaban J connectivity index is 1.86. The highest BCUT2D eigenvalue weighted by molar-refractivity contribution is 7.18. The number of carboxylic acids is 1. The van der Waals surface area contributed by atoms with E-state index >= 15 is 0 Å². The fourth-order valence-corrected chi connectivity index (χ4v) is 3.42. The van der Waals surface area contributed by atoms with E-state index in [9.17, 15) is 24.8 Å². The number of carbonyl (C=O) groups is 2. The van der Waals surface area contributed by atoms with Crippen molar-refractivity contribution < 1.29 is 19.6 Å². The lowest BCUT2D eigenvalue weighted by Crippen LogP contribution is -2.09. The molecule has 0 saturated carbocycles. The fourth-order valence-electron chi connectivity index (χ4n) is 2.47. The van der Waals surface area contributed by atoms with Crippen LogP contribution >= 0.6 is 11.3 Å². The smallest absolute Gasteiger partial charge is 0.348 e. The number of nitro groups is 1. The number of nitrogens with zero attached hydrogens (tertiary/aromatic N) is 1. The highest BCUT2D eigenvalue weighted by atomic mass is 32.1. The number of carbonyl (C=O) groups excluding carboxylic acids is 1. The Bertz CT molecular complexity index is 1070. The van der Waals surface area contributed by atoms with Gasteiger partial charge in [-0.2, -0.15) is 0 Å². The standard InChI is InChI=1S/C20H14N2O5S/c23-18(10-9-13-5-2-1-3-6-13)21-16-12-17(28-19(16)20(24)25)14-7-4-8-15(11-14)22(26)27/h1-12H,(H,21,23)(H,24,25). The van der Waals surface area contributed by atoms with Gasteiger partial charge in [-0.1, -0.05) is 42.5 Å². The summed E-state index contributed by atoms with van der Waals surface area (Å²) < 4.78 is 0. The van der Waals surface area contributed by atoms with Crippen LogP contribution in [0.3, 0.4) is 0 Å². The average molecular weight is 394 g/mol. The second kappa shape index (κ2) is 8.28. The number of carboxylic acid groups (broad SMARTS) is 1. The SMILES string of the molecule is O=C(C=Cc1ccccc1)Nc1cc(-c2cccc([N+](=O)[O-])c2)sc1C(=O)O. The lowest BCUT2D eigenvalue weighted by atomic mass is 10.1. The Morgan fingerprint density at radius 3 is 2.50 bits per heavy atom. The molecule has 0 aliphatic heterocycles. The number of anilines is 1. The largest absolute Gasteiger partial charge is 0.477 e. The van der Waals surface area contributed by atoms with Crippen molar-refractivity contribution in [1.29, 1.82) is 0 Å². The number of thiophene rings is 1. The van der Waals surface area contributed by atoms with Crippen molar-refractivity contribution in [2.75, 3.05) is 5.32 Å². The maximum atomic E-state index is 12.2. The number of hydrogen-bond donors (Lipinski definition) is 2. The van der Waals surface area contributed by atoms with E-state index in [2.05, 4.69) is 5.32 Å². The second-order valence-corrected chi connectivity index (χ2v) is 6.75. The van der Waals surface area contributed by atoms with Gasteiger partial charge in [0.2, 0.25) is 5.91 Å². The van der Waals surface area contributed by atoms with Crippen molar-refractivity contribution in [1.82, 2.24) is 0 Å². The monoisotopic (exact) mass is 394 g/mol. The molecular formula is C20H14N2O5S. The topological polar surface area (TPSA) is 110 Å². The molecule has 1 aromatic heterocycles. The maximum Gasteiger partial charge on any atom is 0.348 e. The Labute approximate surface area is 163 Å². The van der Waals surface area contributed by atoms with Crippen LogP contribution in [-0.2, 0) is 4.79 Å². The minimum absolute atomic E-state index is 0.0528. The van der Waals surface area contributed by atoms with Crippen molar-refractivity contribution in [3.63, 3.8) is 0 Å². The minimum atomic E-state index is -1.19. The summed E-state index contributed by atoms with van der Waals surface area (Å²) in [6.45, 7) is 0. The first-order valence-electron chi connectivity index (χ1n) is 8.10. The lowest BCUT2D eigenvalue weighted by Gasteiger charge is -2.00. The van der Waals surface area contributed by atoms with Crippen LogP contribution < -0.4 is 5.32 Å². The van der Waals surface area contributed by atoms with Gasteiger partial charge in [-0.05, 0) is 23.3 Å². The van der Waals surface area contributed by atoms with E-state index in [-0.39, 0.29) is 16.3 Å². The zero-order valence-corrected chi connectivity index (χ0v) is 15.2. The van der Waals surface area contributed by atoms with E-state index in [0.29, 0.717) is 10.4 Å². The number of benzene rings is 2. The highest BCUT2D eigenvalue weighted by Crippen LogP contribution is 2.36. The summed E-state index contributed by atoms with van der Waals surface area (Å²) in [4.78, 5) is 34.6. The van der Waals surface area contributed by atoms with Crippen LogP contribution in [0.4, 0.5) is 11.4 Å². The molecule has 0 spiro atoms. The molecule has 0 saturated heterocycles. The van der Waals surface area contributed by atoms with Gasteiger partial charge in [0.05, 0.1) is 10.6 Å². The fraction of sp³-hybridized carbons (Fsp3) is 0. The van der Waals surface area contributed by atoms with Crippen molar-refractivity contribution in [2.45, 2.75) is 0 Å². The first kappa shape index (κ1) is 19.0. The number of nitro benzene ring substituents is 1. The van der Waals surface area contributed by atoms with E-state index in [1.54, 1.807) is 12.1 Å². The molecule has 3 rings (SSSR count). The summed E-state index contributed by atoms with van der Waals surface area (Å²) in [7, 11) is 0. The van der Waals surface area contributed by atoms with Gasteiger partial charge in [0, 0.05) is 23.1 Å². The zero-order chi connectivity index (χ0) is 20.1. The van der Waals surface area contributed by atoms with Crippen LogP contribution in [0.25, 0.3) is 16.5 Å². The maximum absolute atomic E-state index is 12.2. The third-order valence-electron chi connectivity index (χ3n) is 3.75. The van der Waals surface area contributed by atoms with Crippen LogP contribution in [0.15, 0.2) is 66.7 Å². The van der Waals surface area contributed by atoms with Crippen molar-refractivity contribution in [3.8, 4) is 10.4 Å². The molecule has 0 radical (unpaired) electrons. The number of amides is 1. The van der Waals surface area contributed by atoms with Gasteiger partial charge in [-0.3, -0.25) is 14.9 Å². The van der Waals surface area contributed by atoms with Gasteiger partial charge in [0.15, 0.2) is 0 Å². The summed E-state index contributed by atoms with van der Waals surface area (Å²) in [6, 6.07) is 16.6. The van der Waals surface area contributed by atoms with E-state index in [1.807, 2.05) is 30.3 Å².